The van der Waals surface area contributed by atoms with Crippen molar-refractivity contribution < 1.29 is 19.4 Å². The van der Waals surface area contributed by atoms with E-state index in [0.29, 0.717) is 50.9 Å². The summed E-state index contributed by atoms with van der Waals surface area (Å²) in [6, 6.07) is 0. The van der Waals surface area contributed by atoms with Gasteiger partial charge in [-0.05, 0) is 6.92 Å². The molecular weight excluding hydrogens is 328 g/mol. The first-order valence-corrected chi connectivity index (χ1v) is 8.58. The molecule has 0 unspecified atom stereocenters. The Labute approximate surface area is 145 Å². The van der Waals surface area contributed by atoms with Crippen LogP contribution in [0.5, 0.6) is 5.75 Å². The maximum Gasteiger partial charge on any atom is 0.347 e. The molecule has 9 nitrogen and oxygen atoms in total. The van der Waals surface area contributed by atoms with E-state index >= 15 is 0 Å². The minimum absolute atomic E-state index is 0.133. The van der Waals surface area contributed by atoms with Gasteiger partial charge in [-0.2, -0.15) is 0 Å². The van der Waals surface area contributed by atoms with Gasteiger partial charge in [0.15, 0.2) is 11.3 Å². The number of morpholine rings is 1. The summed E-state index contributed by atoms with van der Waals surface area (Å²) in [5.41, 5.74) is -0.492. The Hall–Kier alpha value is -2.26. The number of pyridine rings is 1. The van der Waals surface area contributed by atoms with Crippen molar-refractivity contribution >= 4 is 17.5 Å². The third-order valence-electron chi connectivity index (χ3n) is 4.38. The van der Waals surface area contributed by atoms with Crippen LogP contribution in [-0.4, -0.2) is 73.1 Å². The van der Waals surface area contributed by atoms with Gasteiger partial charge in [0, 0.05) is 39.3 Å². The highest BCUT2D eigenvalue weighted by molar-refractivity contribution is 5.96. The van der Waals surface area contributed by atoms with Crippen LogP contribution in [0.2, 0.25) is 0 Å². The van der Waals surface area contributed by atoms with Crippen LogP contribution < -0.4 is 16.2 Å². The summed E-state index contributed by atoms with van der Waals surface area (Å²) in [6.45, 7) is 7.04. The standard InChI is InChI=1S/C16H24N4O5/c1-2-25-16(23)11-13(21)12-14(18-4-3-17-12)20(15(11)22)6-5-19-7-9-24-10-8-19/h17-18,21H,2-10H2,1H3. The van der Waals surface area contributed by atoms with Crippen molar-refractivity contribution in [2.45, 2.75) is 13.5 Å². The summed E-state index contributed by atoms with van der Waals surface area (Å²) in [5.74, 6) is -0.649. The number of carbonyl (C=O) groups excluding carboxylic acids is 1. The van der Waals surface area contributed by atoms with Gasteiger partial charge in [-0.1, -0.05) is 0 Å². The zero-order valence-electron chi connectivity index (χ0n) is 14.3. The number of nitrogens with one attached hydrogen (secondary N) is 2. The van der Waals surface area contributed by atoms with Crippen molar-refractivity contribution in [3.05, 3.63) is 15.9 Å². The molecule has 0 spiro atoms. The van der Waals surface area contributed by atoms with Gasteiger partial charge in [0.25, 0.3) is 5.56 Å². The van der Waals surface area contributed by atoms with Gasteiger partial charge in [-0.15, -0.1) is 0 Å². The van der Waals surface area contributed by atoms with Crippen LogP contribution in [0.1, 0.15) is 17.3 Å². The summed E-state index contributed by atoms with van der Waals surface area (Å²) >= 11 is 0. The third-order valence-corrected chi connectivity index (χ3v) is 4.38. The quantitative estimate of drug-likeness (QED) is 0.631. The number of esters is 1. The number of rotatable bonds is 5. The van der Waals surface area contributed by atoms with Crippen LogP contribution in [-0.2, 0) is 16.0 Å². The number of aromatic hydroxyl groups is 1. The molecule has 0 atom stereocenters. The Kier molecular flexibility index (Phi) is 5.44. The molecule has 9 heteroatoms. The van der Waals surface area contributed by atoms with E-state index < -0.39 is 11.5 Å². The summed E-state index contributed by atoms with van der Waals surface area (Å²) < 4.78 is 11.8. The minimum atomic E-state index is -0.805. The second-order valence-corrected chi connectivity index (χ2v) is 5.93. The molecule has 0 amide bonds. The summed E-state index contributed by atoms with van der Waals surface area (Å²) in [5, 5.41) is 16.6. The molecule has 3 rings (SSSR count). The Balaban J connectivity index is 1.95. The lowest BCUT2D eigenvalue weighted by atomic mass is 10.1. The number of carbonyl (C=O) groups is 1. The second-order valence-electron chi connectivity index (χ2n) is 5.93. The van der Waals surface area contributed by atoms with Crippen LogP contribution in [0.4, 0.5) is 11.5 Å². The Morgan fingerprint density at radius 1 is 1.24 bits per heavy atom. The topological polar surface area (TPSA) is 105 Å². The highest BCUT2D eigenvalue weighted by Gasteiger charge is 2.28. The van der Waals surface area contributed by atoms with Gasteiger partial charge in [0.1, 0.15) is 11.5 Å². The van der Waals surface area contributed by atoms with E-state index in [4.69, 9.17) is 9.47 Å². The normalized spacial score (nSPS) is 17.3. The number of hydrogen-bond donors (Lipinski definition) is 3. The Bertz CT molecular complexity index is 697. The van der Waals surface area contributed by atoms with Gasteiger partial charge in [0.05, 0.1) is 19.8 Å². The van der Waals surface area contributed by atoms with Gasteiger partial charge >= 0.3 is 5.97 Å². The molecule has 2 aliphatic rings. The molecule has 2 aliphatic heterocycles. The number of nitrogens with zero attached hydrogens (tertiary/aromatic N) is 2. The smallest absolute Gasteiger partial charge is 0.347 e. The fourth-order valence-electron chi connectivity index (χ4n) is 3.10. The fraction of sp³-hybridized carbons (Fsp3) is 0.625. The Morgan fingerprint density at radius 3 is 2.68 bits per heavy atom. The van der Waals surface area contributed by atoms with Gasteiger partial charge < -0.3 is 25.2 Å². The molecule has 1 aromatic heterocycles. The van der Waals surface area contributed by atoms with E-state index in [9.17, 15) is 14.7 Å². The average molecular weight is 352 g/mol. The van der Waals surface area contributed by atoms with Crippen LogP contribution in [0.3, 0.4) is 0 Å². The van der Waals surface area contributed by atoms with Crippen molar-refractivity contribution in [1.29, 1.82) is 0 Å². The molecule has 1 fully saturated rings. The average Bonchev–Trinajstić information content (AvgIpc) is 2.63. The lowest BCUT2D eigenvalue weighted by Gasteiger charge is -2.29. The van der Waals surface area contributed by atoms with E-state index in [1.54, 1.807) is 6.92 Å². The molecule has 138 valence electrons. The number of anilines is 2. The van der Waals surface area contributed by atoms with Crippen molar-refractivity contribution in [2.75, 3.05) is 63.2 Å². The van der Waals surface area contributed by atoms with Gasteiger partial charge in [-0.25, -0.2) is 4.79 Å². The largest absolute Gasteiger partial charge is 0.505 e. The SMILES string of the molecule is CCOC(=O)c1c(O)c2c(n(CCN3CCOCC3)c1=O)NCCN2. The van der Waals surface area contributed by atoms with E-state index in [-0.39, 0.29) is 17.9 Å². The van der Waals surface area contributed by atoms with E-state index in [1.807, 2.05) is 0 Å². The molecule has 0 aliphatic carbocycles. The molecule has 3 N–H and O–H groups in total. The molecular formula is C16H24N4O5. The molecule has 0 bridgehead atoms. The zero-order chi connectivity index (χ0) is 17.8. The van der Waals surface area contributed by atoms with Crippen molar-refractivity contribution in [3.8, 4) is 5.75 Å². The van der Waals surface area contributed by atoms with Crippen LogP contribution in [0.25, 0.3) is 0 Å². The summed E-state index contributed by atoms with van der Waals surface area (Å²) in [4.78, 5) is 27.2. The molecule has 3 heterocycles. The van der Waals surface area contributed by atoms with Crippen molar-refractivity contribution in [2.24, 2.45) is 0 Å². The lowest BCUT2D eigenvalue weighted by molar-refractivity contribution is 0.0363. The fourth-order valence-corrected chi connectivity index (χ4v) is 3.10. The van der Waals surface area contributed by atoms with Crippen LogP contribution >= 0.6 is 0 Å². The number of aromatic nitrogens is 1. The van der Waals surface area contributed by atoms with E-state index in [1.165, 1.54) is 4.57 Å². The molecule has 0 aromatic carbocycles. The van der Waals surface area contributed by atoms with Crippen LogP contribution in [0, 0.1) is 0 Å². The maximum atomic E-state index is 12.8. The monoisotopic (exact) mass is 352 g/mol. The third kappa shape index (κ3) is 3.57. The van der Waals surface area contributed by atoms with E-state index in [0.717, 1.165) is 13.1 Å². The number of ether oxygens (including phenoxy) is 2. The molecule has 25 heavy (non-hydrogen) atoms. The minimum Gasteiger partial charge on any atom is -0.505 e. The molecule has 1 aromatic rings. The van der Waals surface area contributed by atoms with Gasteiger partial charge in [-0.3, -0.25) is 14.3 Å². The number of fused-ring (bicyclic) bond motifs is 1. The molecule has 0 radical (unpaired) electrons. The van der Waals surface area contributed by atoms with E-state index in [2.05, 4.69) is 15.5 Å². The summed E-state index contributed by atoms with van der Waals surface area (Å²) in [7, 11) is 0. The first kappa shape index (κ1) is 17.6. The predicted octanol–water partition coefficient (Wildman–Crippen LogP) is -0.0998. The Morgan fingerprint density at radius 2 is 1.96 bits per heavy atom. The van der Waals surface area contributed by atoms with Gasteiger partial charge in [0.2, 0.25) is 0 Å². The first-order chi connectivity index (χ1) is 12.1. The first-order valence-electron chi connectivity index (χ1n) is 8.58. The van der Waals surface area contributed by atoms with Crippen molar-refractivity contribution in [1.82, 2.24) is 9.47 Å². The lowest BCUT2D eigenvalue weighted by Crippen LogP contribution is -2.41. The molecule has 0 saturated carbocycles. The predicted molar refractivity (Wildman–Crippen MR) is 92.6 cm³/mol. The molecule has 1 saturated heterocycles. The number of hydrogen-bond acceptors (Lipinski definition) is 8. The van der Waals surface area contributed by atoms with Crippen LogP contribution in [0.15, 0.2) is 4.79 Å². The van der Waals surface area contributed by atoms with Crippen molar-refractivity contribution in [3.63, 3.8) is 0 Å². The highest BCUT2D eigenvalue weighted by Crippen LogP contribution is 2.34. The zero-order valence-corrected chi connectivity index (χ0v) is 14.3. The summed E-state index contributed by atoms with van der Waals surface area (Å²) in [6.07, 6.45) is 0. The second kappa shape index (κ2) is 7.75. The highest BCUT2D eigenvalue weighted by atomic mass is 16.5. The maximum absolute atomic E-state index is 12.8.